The molecule has 0 heterocycles. The van der Waals surface area contributed by atoms with Gasteiger partial charge in [0.15, 0.2) is 0 Å². The van der Waals surface area contributed by atoms with Crippen molar-refractivity contribution in [1.82, 2.24) is 5.43 Å². The van der Waals surface area contributed by atoms with Crippen LogP contribution in [-0.2, 0) is 11.2 Å². The van der Waals surface area contributed by atoms with Crippen molar-refractivity contribution in [2.75, 3.05) is 6.26 Å². The molecular formula is C16H14ClFN2OS. The summed E-state index contributed by atoms with van der Waals surface area (Å²) in [5.41, 5.74) is 4.01. The smallest absolute Gasteiger partial charge is 0.244 e. The second-order valence-electron chi connectivity index (χ2n) is 4.48. The first-order chi connectivity index (χ1) is 10.6. The Kier molecular flexibility index (Phi) is 5.98. The predicted octanol–water partition coefficient (Wildman–Crippen LogP) is 3.89. The van der Waals surface area contributed by atoms with Crippen molar-refractivity contribution in [2.45, 2.75) is 11.3 Å². The number of nitrogens with zero attached hydrogens (tertiary/aromatic N) is 1. The lowest BCUT2D eigenvalue weighted by molar-refractivity contribution is -0.120. The second kappa shape index (κ2) is 7.96. The van der Waals surface area contributed by atoms with Gasteiger partial charge in [-0.25, -0.2) is 9.82 Å². The van der Waals surface area contributed by atoms with Crippen LogP contribution in [0.4, 0.5) is 4.39 Å². The van der Waals surface area contributed by atoms with E-state index >= 15 is 0 Å². The summed E-state index contributed by atoms with van der Waals surface area (Å²) >= 11 is 7.51. The van der Waals surface area contributed by atoms with E-state index in [4.69, 9.17) is 11.6 Å². The van der Waals surface area contributed by atoms with E-state index in [2.05, 4.69) is 10.5 Å². The topological polar surface area (TPSA) is 41.5 Å². The van der Waals surface area contributed by atoms with Gasteiger partial charge in [-0.15, -0.1) is 11.8 Å². The molecule has 0 spiro atoms. The third-order valence-electron chi connectivity index (χ3n) is 2.87. The lowest BCUT2D eigenvalue weighted by Crippen LogP contribution is -2.20. The second-order valence-corrected chi connectivity index (χ2v) is 5.76. The molecule has 0 bridgehead atoms. The van der Waals surface area contributed by atoms with Gasteiger partial charge >= 0.3 is 0 Å². The number of hydrogen-bond donors (Lipinski definition) is 1. The van der Waals surface area contributed by atoms with Crippen LogP contribution in [0.3, 0.4) is 0 Å². The van der Waals surface area contributed by atoms with Crippen LogP contribution in [-0.4, -0.2) is 18.4 Å². The van der Waals surface area contributed by atoms with E-state index < -0.39 is 0 Å². The third-order valence-corrected chi connectivity index (χ3v) is 3.94. The fraction of sp³-hybridized carbons (Fsp3) is 0.125. The summed E-state index contributed by atoms with van der Waals surface area (Å²) in [7, 11) is 0. The number of hydrazone groups is 1. The number of carbonyl (C=O) groups excluding carboxylic acids is 1. The molecule has 0 radical (unpaired) electrons. The minimum atomic E-state index is -0.313. The van der Waals surface area contributed by atoms with Crippen LogP contribution < -0.4 is 5.43 Å². The molecule has 0 aliphatic carbocycles. The van der Waals surface area contributed by atoms with E-state index in [9.17, 15) is 9.18 Å². The number of halogens is 2. The number of nitrogens with one attached hydrogen (secondary N) is 1. The first-order valence-corrected chi connectivity index (χ1v) is 8.08. The summed E-state index contributed by atoms with van der Waals surface area (Å²) < 4.78 is 12.8. The normalized spacial score (nSPS) is 10.9. The van der Waals surface area contributed by atoms with E-state index in [0.717, 1.165) is 10.5 Å². The molecule has 114 valence electrons. The number of amides is 1. The fourth-order valence-electron chi connectivity index (χ4n) is 1.83. The highest BCUT2D eigenvalue weighted by molar-refractivity contribution is 7.98. The van der Waals surface area contributed by atoms with Crippen LogP contribution >= 0.6 is 23.4 Å². The lowest BCUT2D eigenvalue weighted by Gasteiger charge is -2.06. The fourth-order valence-corrected chi connectivity index (χ4v) is 2.62. The maximum absolute atomic E-state index is 12.8. The number of hydrogen-bond acceptors (Lipinski definition) is 3. The monoisotopic (exact) mass is 336 g/mol. The van der Waals surface area contributed by atoms with Gasteiger partial charge in [0, 0.05) is 9.92 Å². The van der Waals surface area contributed by atoms with Crippen molar-refractivity contribution in [3.8, 4) is 0 Å². The van der Waals surface area contributed by atoms with Crippen molar-refractivity contribution >= 4 is 35.5 Å². The zero-order chi connectivity index (χ0) is 15.9. The van der Waals surface area contributed by atoms with Gasteiger partial charge in [0.2, 0.25) is 5.91 Å². The lowest BCUT2D eigenvalue weighted by atomic mass is 10.1. The third kappa shape index (κ3) is 4.86. The molecule has 0 aromatic heterocycles. The molecule has 0 aliphatic heterocycles. The van der Waals surface area contributed by atoms with Crippen LogP contribution in [0.5, 0.6) is 0 Å². The first-order valence-electron chi connectivity index (χ1n) is 6.48. The number of carbonyl (C=O) groups is 1. The highest BCUT2D eigenvalue weighted by Crippen LogP contribution is 2.24. The minimum Gasteiger partial charge on any atom is -0.273 e. The van der Waals surface area contributed by atoms with Gasteiger partial charge in [-0.05, 0) is 47.7 Å². The molecule has 2 aromatic rings. The van der Waals surface area contributed by atoms with Gasteiger partial charge in [-0.1, -0.05) is 23.7 Å². The Balaban J connectivity index is 1.96. The first kappa shape index (κ1) is 16.5. The zero-order valence-electron chi connectivity index (χ0n) is 11.8. The van der Waals surface area contributed by atoms with Gasteiger partial charge < -0.3 is 0 Å². The number of benzene rings is 2. The summed E-state index contributed by atoms with van der Waals surface area (Å²) in [6.45, 7) is 0. The van der Waals surface area contributed by atoms with Crippen molar-refractivity contribution in [3.05, 3.63) is 64.4 Å². The Morgan fingerprint density at radius 3 is 2.73 bits per heavy atom. The predicted molar refractivity (Wildman–Crippen MR) is 89.1 cm³/mol. The summed E-state index contributed by atoms with van der Waals surface area (Å²) in [5.74, 6) is -0.553. The van der Waals surface area contributed by atoms with Crippen molar-refractivity contribution in [1.29, 1.82) is 0 Å². The Morgan fingerprint density at radius 1 is 1.32 bits per heavy atom. The van der Waals surface area contributed by atoms with E-state index in [0.29, 0.717) is 10.6 Å². The molecule has 6 heteroatoms. The van der Waals surface area contributed by atoms with Crippen molar-refractivity contribution < 1.29 is 9.18 Å². The van der Waals surface area contributed by atoms with E-state index in [-0.39, 0.29) is 18.1 Å². The summed E-state index contributed by atoms with van der Waals surface area (Å²) in [6, 6.07) is 11.3. The maximum atomic E-state index is 12.8. The van der Waals surface area contributed by atoms with Crippen molar-refractivity contribution in [2.24, 2.45) is 5.10 Å². The molecule has 2 aromatic carbocycles. The minimum absolute atomic E-state index is 0.192. The summed E-state index contributed by atoms with van der Waals surface area (Å²) in [4.78, 5) is 12.9. The van der Waals surface area contributed by atoms with Crippen LogP contribution in [0, 0.1) is 5.82 Å². The van der Waals surface area contributed by atoms with Crippen LogP contribution in [0.2, 0.25) is 5.02 Å². The Morgan fingerprint density at radius 2 is 2.05 bits per heavy atom. The number of thioether (sulfide) groups is 1. The van der Waals surface area contributed by atoms with Gasteiger partial charge in [-0.2, -0.15) is 5.10 Å². The zero-order valence-corrected chi connectivity index (χ0v) is 13.4. The van der Waals surface area contributed by atoms with Crippen LogP contribution in [0.15, 0.2) is 52.5 Å². The van der Waals surface area contributed by atoms with Gasteiger partial charge in [0.1, 0.15) is 5.82 Å². The van der Waals surface area contributed by atoms with Gasteiger partial charge in [-0.3, -0.25) is 4.79 Å². The quantitative estimate of drug-likeness (QED) is 0.511. The average molecular weight is 337 g/mol. The van der Waals surface area contributed by atoms with Crippen molar-refractivity contribution in [3.63, 3.8) is 0 Å². The molecule has 0 saturated carbocycles. The largest absolute Gasteiger partial charge is 0.273 e. The molecule has 3 nitrogen and oxygen atoms in total. The van der Waals surface area contributed by atoms with Crippen LogP contribution in [0.1, 0.15) is 11.1 Å². The molecule has 1 amide bonds. The Hall–Kier alpha value is -1.85. The maximum Gasteiger partial charge on any atom is 0.244 e. The van der Waals surface area contributed by atoms with E-state index in [1.54, 1.807) is 36.0 Å². The molecule has 0 unspecified atom stereocenters. The van der Waals surface area contributed by atoms with Gasteiger partial charge in [0.05, 0.1) is 12.6 Å². The molecule has 2 rings (SSSR count). The SMILES string of the molecule is CSc1ccc(Cl)cc1CC(=O)N/N=C\c1ccc(F)cc1. The highest BCUT2D eigenvalue weighted by Gasteiger charge is 2.08. The number of rotatable bonds is 5. The molecule has 0 fully saturated rings. The van der Waals surface area contributed by atoms with E-state index in [1.807, 2.05) is 12.3 Å². The Bertz CT molecular complexity index is 689. The standard InChI is InChI=1S/C16H14ClFN2OS/c1-22-15-7-4-13(17)8-12(15)9-16(21)20-19-10-11-2-5-14(18)6-3-11/h2-8,10H,9H2,1H3,(H,20,21)/b19-10-. The molecule has 22 heavy (non-hydrogen) atoms. The molecule has 0 saturated heterocycles. The van der Waals surface area contributed by atoms with E-state index in [1.165, 1.54) is 18.3 Å². The molecule has 0 atom stereocenters. The summed E-state index contributed by atoms with van der Waals surface area (Å²) in [6.07, 6.45) is 3.60. The molecule has 0 aliphatic rings. The highest BCUT2D eigenvalue weighted by atomic mass is 35.5. The van der Waals surface area contributed by atoms with Gasteiger partial charge in [0.25, 0.3) is 0 Å². The summed E-state index contributed by atoms with van der Waals surface area (Å²) in [5, 5.41) is 4.45. The Labute approximate surface area is 137 Å². The molecule has 1 N–H and O–H groups in total. The average Bonchev–Trinajstić information content (AvgIpc) is 2.49. The molecular weight excluding hydrogens is 323 g/mol. The van der Waals surface area contributed by atoms with Crippen LogP contribution in [0.25, 0.3) is 0 Å².